The Labute approximate surface area is 192 Å². The predicted octanol–water partition coefficient (Wildman–Crippen LogP) is 3.70. The zero-order valence-corrected chi connectivity index (χ0v) is 19.9. The number of nitrogens with zero attached hydrogens (tertiary/aromatic N) is 2. The summed E-state index contributed by atoms with van der Waals surface area (Å²) in [5, 5.41) is 9.08. The molecule has 9 heteroatoms. The Morgan fingerprint density at radius 2 is 2.00 bits per heavy atom. The molecule has 1 aromatic carbocycles. The fourth-order valence-electron chi connectivity index (χ4n) is 2.57. The summed E-state index contributed by atoms with van der Waals surface area (Å²) in [6.07, 6.45) is 2.27. The van der Waals surface area contributed by atoms with Crippen molar-refractivity contribution in [1.82, 2.24) is 15.6 Å². The van der Waals surface area contributed by atoms with Gasteiger partial charge < -0.3 is 16.0 Å². The molecule has 1 aromatic heterocycles. The topological polar surface area (TPSA) is 78.4 Å². The van der Waals surface area contributed by atoms with Crippen LogP contribution in [-0.2, 0) is 17.1 Å². The van der Waals surface area contributed by atoms with E-state index in [1.165, 1.54) is 6.07 Å². The molecular formula is C20H27FIN5OS. The van der Waals surface area contributed by atoms with Crippen LogP contribution in [0.2, 0.25) is 0 Å². The normalized spacial score (nSPS) is 10.8. The minimum absolute atomic E-state index is 0. The number of hydrogen-bond donors (Lipinski definition) is 3. The number of hydrogen-bond acceptors (Lipinski definition) is 4. The lowest BCUT2D eigenvalue weighted by molar-refractivity contribution is -0.116. The van der Waals surface area contributed by atoms with Crippen LogP contribution >= 0.6 is 35.7 Å². The van der Waals surface area contributed by atoms with Crippen molar-refractivity contribution < 1.29 is 9.18 Å². The molecule has 0 saturated carbocycles. The summed E-state index contributed by atoms with van der Waals surface area (Å²) >= 11 is 1.65. The Balaban J connectivity index is 0.00000420. The molecule has 158 valence electrons. The van der Waals surface area contributed by atoms with Crippen LogP contribution in [0, 0.1) is 12.7 Å². The lowest BCUT2D eigenvalue weighted by Gasteiger charge is -2.14. The first-order valence-electron chi connectivity index (χ1n) is 8.96. The maximum absolute atomic E-state index is 13.4. The molecule has 0 spiro atoms. The van der Waals surface area contributed by atoms with E-state index in [0.29, 0.717) is 24.9 Å². The van der Waals surface area contributed by atoms with Crippen LogP contribution in [0.25, 0.3) is 0 Å². The van der Waals surface area contributed by atoms with E-state index < -0.39 is 0 Å². The smallest absolute Gasteiger partial charge is 0.227 e. The standard InChI is InChI=1S/C20H26FN5OS.HI/c1-14-5-4-6-18(25-14)26-19(27)9-10-23-20(22-2)24-12-15-7-8-17(21)11-16(15)13-28-3;/h4-8,11H,9-10,12-13H2,1-3H3,(H2,22,23,24)(H,25,26,27);1H. The van der Waals surface area contributed by atoms with E-state index in [2.05, 4.69) is 25.9 Å². The van der Waals surface area contributed by atoms with Crippen LogP contribution in [0.3, 0.4) is 0 Å². The van der Waals surface area contributed by atoms with Gasteiger partial charge in [-0.3, -0.25) is 9.79 Å². The van der Waals surface area contributed by atoms with Gasteiger partial charge in [-0.25, -0.2) is 9.37 Å². The lowest BCUT2D eigenvalue weighted by atomic mass is 10.1. The quantitative estimate of drug-likeness (QED) is 0.275. The molecule has 0 atom stereocenters. The third-order valence-corrected chi connectivity index (χ3v) is 4.54. The number of anilines is 1. The zero-order chi connectivity index (χ0) is 20.4. The second kappa shape index (κ2) is 13.4. The first kappa shape index (κ1) is 25.2. The molecule has 1 amide bonds. The summed E-state index contributed by atoms with van der Waals surface area (Å²) in [5.74, 6) is 1.52. The summed E-state index contributed by atoms with van der Waals surface area (Å²) in [4.78, 5) is 20.4. The summed E-state index contributed by atoms with van der Waals surface area (Å²) < 4.78 is 13.4. The Kier molecular flexibility index (Phi) is 11.6. The van der Waals surface area contributed by atoms with Crippen LogP contribution in [0.15, 0.2) is 41.4 Å². The van der Waals surface area contributed by atoms with E-state index in [0.717, 1.165) is 22.6 Å². The van der Waals surface area contributed by atoms with Crippen molar-refractivity contribution in [2.45, 2.75) is 25.6 Å². The Morgan fingerprint density at radius 1 is 1.21 bits per heavy atom. The Bertz CT molecular complexity index is 834. The van der Waals surface area contributed by atoms with Gasteiger partial charge in [-0.15, -0.1) is 24.0 Å². The molecule has 0 fully saturated rings. The number of aliphatic imine (C=N–C) groups is 1. The lowest BCUT2D eigenvalue weighted by Crippen LogP contribution is -2.38. The van der Waals surface area contributed by atoms with Gasteiger partial charge in [0.15, 0.2) is 5.96 Å². The molecule has 0 aliphatic rings. The molecule has 0 bridgehead atoms. The van der Waals surface area contributed by atoms with Gasteiger partial charge in [0, 0.05) is 38.0 Å². The fourth-order valence-corrected chi connectivity index (χ4v) is 3.15. The number of rotatable bonds is 8. The number of guanidine groups is 1. The second-order valence-corrected chi connectivity index (χ2v) is 7.03. The van der Waals surface area contributed by atoms with E-state index in [1.807, 2.05) is 25.3 Å². The molecule has 0 aliphatic heterocycles. The van der Waals surface area contributed by atoms with Gasteiger partial charge in [0.25, 0.3) is 0 Å². The van der Waals surface area contributed by atoms with Gasteiger partial charge in [-0.1, -0.05) is 12.1 Å². The average Bonchev–Trinajstić information content (AvgIpc) is 2.66. The molecule has 0 aliphatic carbocycles. The molecule has 3 N–H and O–H groups in total. The van der Waals surface area contributed by atoms with Gasteiger partial charge in [0.05, 0.1) is 0 Å². The van der Waals surface area contributed by atoms with Gasteiger partial charge in [0.2, 0.25) is 5.91 Å². The number of halogens is 2. The molecule has 0 saturated heterocycles. The molecule has 29 heavy (non-hydrogen) atoms. The van der Waals surface area contributed by atoms with Gasteiger partial charge in [-0.2, -0.15) is 11.8 Å². The van der Waals surface area contributed by atoms with E-state index in [4.69, 9.17) is 0 Å². The molecule has 2 aromatic rings. The third-order valence-electron chi connectivity index (χ3n) is 3.94. The summed E-state index contributed by atoms with van der Waals surface area (Å²) in [6.45, 7) is 2.83. The van der Waals surface area contributed by atoms with Crippen molar-refractivity contribution in [2.75, 3.05) is 25.2 Å². The predicted molar refractivity (Wildman–Crippen MR) is 129 cm³/mol. The van der Waals surface area contributed by atoms with E-state index in [9.17, 15) is 9.18 Å². The number of aromatic nitrogens is 1. The van der Waals surface area contributed by atoms with E-state index in [-0.39, 0.29) is 42.1 Å². The van der Waals surface area contributed by atoms with E-state index >= 15 is 0 Å². The SMILES string of the molecule is CN=C(NCCC(=O)Nc1cccc(C)n1)NCc1ccc(F)cc1CSC.I. The molecule has 1 heterocycles. The van der Waals surface area contributed by atoms with Gasteiger partial charge >= 0.3 is 0 Å². The minimum atomic E-state index is -0.232. The highest BCUT2D eigenvalue weighted by Crippen LogP contribution is 2.16. The zero-order valence-electron chi connectivity index (χ0n) is 16.8. The number of thioether (sulfide) groups is 1. The molecule has 6 nitrogen and oxygen atoms in total. The molecule has 0 unspecified atom stereocenters. The first-order valence-corrected chi connectivity index (χ1v) is 10.4. The van der Waals surface area contributed by atoms with Crippen molar-refractivity contribution in [3.05, 3.63) is 59.0 Å². The highest BCUT2D eigenvalue weighted by Gasteiger charge is 2.07. The van der Waals surface area contributed by atoms with Gasteiger partial charge in [0.1, 0.15) is 11.6 Å². The second-order valence-electron chi connectivity index (χ2n) is 6.16. The number of carbonyl (C=O) groups is 1. The largest absolute Gasteiger partial charge is 0.356 e. The van der Waals surface area contributed by atoms with Crippen LogP contribution in [0.4, 0.5) is 10.2 Å². The maximum Gasteiger partial charge on any atom is 0.227 e. The number of nitrogens with one attached hydrogen (secondary N) is 3. The number of pyridine rings is 1. The summed E-state index contributed by atoms with van der Waals surface area (Å²) in [6, 6.07) is 10.3. The highest BCUT2D eigenvalue weighted by molar-refractivity contribution is 14.0. The van der Waals surface area contributed by atoms with E-state index in [1.54, 1.807) is 37.0 Å². The van der Waals surface area contributed by atoms with Crippen LogP contribution < -0.4 is 16.0 Å². The van der Waals surface area contributed by atoms with Crippen molar-refractivity contribution in [2.24, 2.45) is 4.99 Å². The number of carbonyl (C=O) groups excluding carboxylic acids is 1. The highest BCUT2D eigenvalue weighted by atomic mass is 127. The Morgan fingerprint density at radius 3 is 2.69 bits per heavy atom. The number of amides is 1. The molecule has 0 radical (unpaired) electrons. The van der Waals surface area contributed by atoms with Crippen molar-refractivity contribution >= 4 is 53.4 Å². The van der Waals surface area contributed by atoms with Crippen LogP contribution in [-0.4, -0.2) is 36.7 Å². The molecular weight excluding hydrogens is 504 g/mol. The summed E-state index contributed by atoms with van der Waals surface area (Å²) in [5.41, 5.74) is 2.82. The average molecular weight is 531 g/mol. The minimum Gasteiger partial charge on any atom is -0.356 e. The van der Waals surface area contributed by atoms with Crippen LogP contribution in [0.1, 0.15) is 23.2 Å². The number of benzene rings is 1. The Hall–Kier alpha value is -1.88. The van der Waals surface area contributed by atoms with Crippen molar-refractivity contribution in [3.8, 4) is 0 Å². The molecule has 2 rings (SSSR count). The summed E-state index contributed by atoms with van der Waals surface area (Å²) in [7, 11) is 1.67. The van der Waals surface area contributed by atoms with Crippen molar-refractivity contribution in [3.63, 3.8) is 0 Å². The van der Waals surface area contributed by atoms with Gasteiger partial charge in [-0.05, 0) is 48.6 Å². The fraction of sp³-hybridized carbons (Fsp3) is 0.350. The number of aryl methyl sites for hydroxylation is 1. The third kappa shape index (κ3) is 8.99. The van der Waals surface area contributed by atoms with Crippen molar-refractivity contribution in [1.29, 1.82) is 0 Å². The monoisotopic (exact) mass is 531 g/mol. The first-order chi connectivity index (χ1) is 13.5. The maximum atomic E-state index is 13.4. The van der Waals surface area contributed by atoms with Crippen LogP contribution in [0.5, 0.6) is 0 Å².